The second-order valence-electron chi connectivity index (χ2n) is 3.86. The maximum Gasteiger partial charge on any atom is 0.150 e. The molecule has 0 unspecified atom stereocenters. The van der Waals surface area contributed by atoms with E-state index in [4.69, 9.17) is 9.47 Å². The van der Waals surface area contributed by atoms with Gasteiger partial charge in [0.15, 0.2) is 0 Å². The van der Waals surface area contributed by atoms with Crippen LogP contribution in [-0.4, -0.2) is 26.1 Å². The molecule has 0 atom stereocenters. The van der Waals surface area contributed by atoms with Crippen LogP contribution in [0.3, 0.4) is 0 Å². The fourth-order valence-corrected chi connectivity index (χ4v) is 1.38. The minimum Gasteiger partial charge on any atom is -0.493 e. The Morgan fingerprint density at radius 1 is 1.18 bits per heavy atom. The molecule has 3 nitrogen and oxygen atoms in total. The van der Waals surface area contributed by atoms with E-state index in [1.807, 2.05) is 12.1 Å². The molecule has 94 valence electrons. The fourth-order valence-electron chi connectivity index (χ4n) is 1.38. The summed E-state index contributed by atoms with van der Waals surface area (Å²) in [5.74, 6) is 0.739. The first-order valence-corrected chi connectivity index (χ1v) is 6.12. The predicted octanol–water partition coefficient (Wildman–Crippen LogP) is 3.08. The standard InChI is InChI=1S/C14H20O3/c1-2-3-8-16-9-5-10-17-14-7-4-6-13(11-14)12-15/h4,6-7,11-12H,2-3,5,8-10H2,1H3. The molecule has 0 aromatic heterocycles. The van der Waals surface area contributed by atoms with Crippen molar-refractivity contribution >= 4 is 6.29 Å². The van der Waals surface area contributed by atoms with Crippen molar-refractivity contribution in [3.05, 3.63) is 29.8 Å². The average Bonchev–Trinajstić information content (AvgIpc) is 2.38. The topological polar surface area (TPSA) is 35.5 Å². The zero-order valence-corrected chi connectivity index (χ0v) is 10.4. The Bertz CT molecular complexity index is 323. The molecule has 0 radical (unpaired) electrons. The first-order chi connectivity index (χ1) is 8.36. The van der Waals surface area contributed by atoms with Crippen LogP contribution < -0.4 is 4.74 Å². The minimum absolute atomic E-state index is 0.619. The molecule has 3 heteroatoms. The summed E-state index contributed by atoms with van der Waals surface area (Å²) in [6, 6.07) is 7.17. The van der Waals surface area contributed by atoms with Gasteiger partial charge in [-0.05, 0) is 18.6 Å². The third kappa shape index (κ3) is 6.07. The lowest BCUT2D eigenvalue weighted by Crippen LogP contribution is -2.04. The van der Waals surface area contributed by atoms with E-state index >= 15 is 0 Å². The molecule has 0 saturated carbocycles. The summed E-state index contributed by atoms with van der Waals surface area (Å²) in [6.45, 7) is 4.32. The van der Waals surface area contributed by atoms with Crippen LogP contribution >= 0.6 is 0 Å². The lowest BCUT2D eigenvalue weighted by atomic mass is 10.2. The van der Waals surface area contributed by atoms with Gasteiger partial charge in [0.1, 0.15) is 12.0 Å². The Morgan fingerprint density at radius 3 is 2.76 bits per heavy atom. The van der Waals surface area contributed by atoms with E-state index < -0.39 is 0 Å². The fraction of sp³-hybridized carbons (Fsp3) is 0.500. The van der Waals surface area contributed by atoms with Crippen LogP contribution in [0, 0.1) is 0 Å². The highest BCUT2D eigenvalue weighted by molar-refractivity contribution is 5.75. The Morgan fingerprint density at radius 2 is 2.00 bits per heavy atom. The number of aldehydes is 1. The van der Waals surface area contributed by atoms with Gasteiger partial charge in [0.25, 0.3) is 0 Å². The van der Waals surface area contributed by atoms with Crippen molar-refractivity contribution in [3.63, 3.8) is 0 Å². The molecule has 0 fully saturated rings. The number of hydrogen-bond donors (Lipinski definition) is 0. The minimum atomic E-state index is 0.619. The lowest BCUT2D eigenvalue weighted by molar-refractivity contribution is 0.112. The average molecular weight is 236 g/mol. The smallest absolute Gasteiger partial charge is 0.150 e. The molecule has 1 aromatic rings. The summed E-state index contributed by atoms with van der Waals surface area (Å²) in [6.07, 6.45) is 3.97. The monoisotopic (exact) mass is 236 g/mol. The molecule has 17 heavy (non-hydrogen) atoms. The SMILES string of the molecule is CCCCOCCCOc1cccc(C=O)c1. The predicted molar refractivity (Wildman–Crippen MR) is 67.7 cm³/mol. The number of hydrogen-bond acceptors (Lipinski definition) is 3. The molecule has 1 aromatic carbocycles. The molecule has 0 heterocycles. The zero-order chi connectivity index (χ0) is 12.3. The van der Waals surface area contributed by atoms with Gasteiger partial charge < -0.3 is 9.47 Å². The second-order valence-corrected chi connectivity index (χ2v) is 3.86. The van der Waals surface area contributed by atoms with Crippen LogP contribution in [0.5, 0.6) is 5.75 Å². The number of carbonyl (C=O) groups excluding carboxylic acids is 1. The van der Waals surface area contributed by atoms with Gasteiger partial charge in [0.2, 0.25) is 0 Å². The third-order valence-electron chi connectivity index (χ3n) is 2.34. The number of carbonyl (C=O) groups is 1. The van der Waals surface area contributed by atoms with Gasteiger partial charge in [-0.3, -0.25) is 4.79 Å². The Labute approximate surface area is 103 Å². The van der Waals surface area contributed by atoms with E-state index in [1.54, 1.807) is 12.1 Å². The van der Waals surface area contributed by atoms with Crippen molar-refractivity contribution in [1.29, 1.82) is 0 Å². The number of ether oxygens (including phenoxy) is 2. The lowest BCUT2D eigenvalue weighted by Gasteiger charge is -2.07. The van der Waals surface area contributed by atoms with Crippen LogP contribution in [-0.2, 0) is 4.74 Å². The van der Waals surface area contributed by atoms with Crippen molar-refractivity contribution in [2.24, 2.45) is 0 Å². The van der Waals surface area contributed by atoms with Gasteiger partial charge in [0, 0.05) is 25.2 Å². The second kappa shape index (κ2) is 8.76. The van der Waals surface area contributed by atoms with Crippen LogP contribution in [0.15, 0.2) is 24.3 Å². The van der Waals surface area contributed by atoms with E-state index in [1.165, 1.54) is 0 Å². The van der Waals surface area contributed by atoms with Crippen LogP contribution in [0.25, 0.3) is 0 Å². The molecule has 0 bridgehead atoms. The number of unbranched alkanes of at least 4 members (excludes halogenated alkanes) is 1. The highest BCUT2D eigenvalue weighted by Crippen LogP contribution is 2.11. The highest BCUT2D eigenvalue weighted by atomic mass is 16.5. The molecule has 0 spiro atoms. The largest absolute Gasteiger partial charge is 0.493 e. The van der Waals surface area contributed by atoms with E-state index in [0.29, 0.717) is 12.2 Å². The molecule has 1 rings (SSSR count). The van der Waals surface area contributed by atoms with Crippen molar-refractivity contribution in [3.8, 4) is 5.75 Å². The summed E-state index contributed by atoms with van der Waals surface area (Å²) in [5.41, 5.74) is 0.640. The molecule has 0 aliphatic carbocycles. The van der Waals surface area contributed by atoms with E-state index in [0.717, 1.165) is 44.5 Å². The Kier molecular flexibility index (Phi) is 7.07. The van der Waals surface area contributed by atoms with Crippen molar-refractivity contribution in [2.45, 2.75) is 26.2 Å². The summed E-state index contributed by atoms with van der Waals surface area (Å²) < 4.78 is 10.9. The number of benzene rings is 1. The number of rotatable bonds is 9. The summed E-state index contributed by atoms with van der Waals surface area (Å²) in [4.78, 5) is 10.6. The van der Waals surface area contributed by atoms with Crippen molar-refractivity contribution in [1.82, 2.24) is 0 Å². The third-order valence-corrected chi connectivity index (χ3v) is 2.34. The van der Waals surface area contributed by atoms with Crippen LogP contribution in [0.4, 0.5) is 0 Å². The molecule has 0 aliphatic heterocycles. The van der Waals surface area contributed by atoms with E-state index in [-0.39, 0.29) is 0 Å². The van der Waals surface area contributed by atoms with Gasteiger partial charge in [-0.1, -0.05) is 25.5 Å². The van der Waals surface area contributed by atoms with E-state index in [2.05, 4.69) is 6.92 Å². The first kappa shape index (κ1) is 13.7. The molecule has 0 saturated heterocycles. The van der Waals surface area contributed by atoms with Gasteiger partial charge in [0.05, 0.1) is 6.61 Å². The summed E-state index contributed by atoms with van der Waals surface area (Å²) >= 11 is 0. The first-order valence-electron chi connectivity index (χ1n) is 6.12. The van der Waals surface area contributed by atoms with Gasteiger partial charge >= 0.3 is 0 Å². The van der Waals surface area contributed by atoms with E-state index in [9.17, 15) is 4.79 Å². The molecule has 0 aliphatic rings. The van der Waals surface area contributed by atoms with Crippen molar-refractivity contribution < 1.29 is 14.3 Å². The summed E-state index contributed by atoms with van der Waals surface area (Å²) in [5, 5.41) is 0. The maximum atomic E-state index is 10.6. The Hall–Kier alpha value is -1.35. The van der Waals surface area contributed by atoms with Crippen LogP contribution in [0.2, 0.25) is 0 Å². The van der Waals surface area contributed by atoms with Crippen molar-refractivity contribution in [2.75, 3.05) is 19.8 Å². The zero-order valence-electron chi connectivity index (χ0n) is 10.4. The molecular formula is C14H20O3. The molecular weight excluding hydrogens is 216 g/mol. The molecule has 0 amide bonds. The maximum absolute atomic E-state index is 10.6. The quantitative estimate of drug-likeness (QED) is 0.488. The highest BCUT2D eigenvalue weighted by Gasteiger charge is 1.96. The Balaban J connectivity index is 2.11. The van der Waals surface area contributed by atoms with Gasteiger partial charge in [-0.25, -0.2) is 0 Å². The van der Waals surface area contributed by atoms with Gasteiger partial charge in [-0.15, -0.1) is 0 Å². The normalized spacial score (nSPS) is 10.2. The summed E-state index contributed by atoms with van der Waals surface area (Å²) in [7, 11) is 0. The molecule has 0 N–H and O–H groups in total. The van der Waals surface area contributed by atoms with Crippen LogP contribution in [0.1, 0.15) is 36.5 Å². The van der Waals surface area contributed by atoms with Gasteiger partial charge in [-0.2, -0.15) is 0 Å².